The third kappa shape index (κ3) is 3.03. The van der Waals surface area contributed by atoms with Crippen LogP contribution in [-0.2, 0) is 16.3 Å². The summed E-state index contributed by atoms with van der Waals surface area (Å²) >= 11 is 11.9. The van der Waals surface area contributed by atoms with Crippen molar-refractivity contribution in [1.82, 2.24) is 5.16 Å². The number of nitrogens with zero attached hydrogens (tertiary/aromatic N) is 1. The minimum Gasteiger partial charge on any atom is -0.364 e. The van der Waals surface area contributed by atoms with Crippen LogP contribution >= 0.6 is 23.2 Å². The van der Waals surface area contributed by atoms with Crippen LogP contribution in [0.25, 0.3) is 0 Å². The summed E-state index contributed by atoms with van der Waals surface area (Å²) in [5.41, 5.74) is 0.750. The Labute approximate surface area is 125 Å². The van der Waals surface area contributed by atoms with Gasteiger partial charge in [0.15, 0.2) is 15.6 Å². The molecule has 0 aliphatic carbocycles. The van der Waals surface area contributed by atoms with Crippen molar-refractivity contribution in [3.8, 4) is 0 Å². The molecule has 0 aliphatic rings. The number of benzene rings is 1. The molecule has 0 saturated heterocycles. The van der Waals surface area contributed by atoms with E-state index in [1.54, 1.807) is 0 Å². The maximum absolute atomic E-state index is 12.1. The molecule has 0 N–H and O–H groups in total. The lowest BCUT2D eigenvalue weighted by Crippen LogP contribution is -2.06. The number of carbonyl (C=O) groups excluding carboxylic acids is 1. The van der Waals surface area contributed by atoms with E-state index in [9.17, 15) is 13.2 Å². The second-order valence-electron chi connectivity index (χ2n) is 4.14. The van der Waals surface area contributed by atoms with Crippen molar-refractivity contribution in [2.45, 2.75) is 11.3 Å². The lowest BCUT2D eigenvalue weighted by Gasteiger charge is -2.08. The number of carbonyl (C=O) groups is 1. The first kappa shape index (κ1) is 15.0. The van der Waals surface area contributed by atoms with Crippen molar-refractivity contribution < 1.29 is 17.7 Å². The summed E-state index contributed by atoms with van der Waals surface area (Å²) < 4.78 is 27.6. The van der Waals surface area contributed by atoms with Gasteiger partial charge < -0.3 is 4.52 Å². The predicted molar refractivity (Wildman–Crippen MR) is 74.1 cm³/mol. The molecule has 0 bridgehead atoms. The zero-order valence-corrected chi connectivity index (χ0v) is 12.6. The standard InChI is InChI=1S/C12H9Cl2NO4S/c1-20(17,18)10-3-2-8(11(13)12(10)14)9(16)4-7-5-15-19-6-7/h2-3,5-6H,4H2,1H3. The normalized spacial score (nSPS) is 11.6. The van der Waals surface area contributed by atoms with E-state index in [0.29, 0.717) is 5.56 Å². The van der Waals surface area contributed by atoms with E-state index in [1.165, 1.54) is 24.6 Å². The van der Waals surface area contributed by atoms with E-state index in [0.717, 1.165) is 6.26 Å². The molecule has 5 nitrogen and oxygen atoms in total. The molecule has 0 aliphatic heterocycles. The molecule has 0 atom stereocenters. The van der Waals surface area contributed by atoms with Gasteiger partial charge in [-0.15, -0.1) is 0 Å². The van der Waals surface area contributed by atoms with Crippen molar-refractivity contribution in [2.75, 3.05) is 6.26 Å². The Morgan fingerprint density at radius 2 is 2.00 bits per heavy atom. The first-order valence-corrected chi connectivity index (χ1v) is 8.05. The Bertz CT molecular complexity index is 754. The minimum atomic E-state index is -3.50. The highest BCUT2D eigenvalue weighted by Gasteiger charge is 2.20. The van der Waals surface area contributed by atoms with Crippen LogP contribution in [0, 0.1) is 0 Å². The molecule has 8 heteroatoms. The van der Waals surface area contributed by atoms with Gasteiger partial charge in [-0.1, -0.05) is 28.4 Å². The van der Waals surface area contributed by atoms with Gasteiger partial charge in [0.1, 0.15) is 6.26 Å². The summed E-state index contributed by atoms with van der Waals surface area (Å²) in [6.45, 7) is 0. The van der Waals surface area contributed by atoms with E-state index in [1.807, 2.05) is 0 Å². The van der Waals surface area contributed by atoms with Gasteiger partial charge in [-0.2, -0.15) is 0 Å². The fraction of sp³-hybridized carbons (Fsp3) is 0.167. The molecule has 0 amide bonds. The fourth-order valence-electron chi connectivity index (χ4n) is 1.63. The summed E-state index contributed by atoms with van der Waals surface area (Å²) in [7, 11) is -3.50. The topological polar surface area (TPSA) is 77.2 Å². The van der Waals surface area contributed by atoms with Crippen LogP contribution in [0.2, 0.25) is 10.0 Å². The summed E-state index contributed by atoms with van der Waals surface area (Å²) in [5.74, 6) is -0.305. The molecule has 1 aromatic heterocycles. The van der Waals surface area contributed by atoms with Crippen LogP contribution < -0.4 is 0 Å². The second-order valence-corrected chi connectivity index (χ2v) is 6.88. The third-order valence-corrected chi connectivity index (χ3v) is 4.73. The van der Waals surface area contributed by atoms with Crippen LogP contribution in [0.3, 0.4) is 0 Å². The number of Topliss-reactive ketones (excluding diaryl/α,β-unsaturated/α-hetero) is 1. The molecular weight excluding hydrogens is 325 g/mol. The molecule has 1 aromatic carbocycles. The molecule has 0 fully saturated rings. The van der Waals surface area contributed by atoms with Gasteiger partial charge in [0.2, 0.25) is 0 Å². The number of ketones is 1. The average molecular weight is 334 g/mol. The van der Waals surface area contributed by atoms with E-state index >= 15 is 0 Å². The first-order valence-electron chi connectivity index (χ1n) is 5.40. The smallest absolute Gasteiger partial charge is 0.177 e. The van der Waals surface area contributed by atoms with Crippen molar-refractivity contribution in [1.29, 1.82) is 0 Å². The van der Waals surface area contributed by atoms with Crippen molar-refractivity contribution in [2.24, 2.45) is 0 Å². The molecule has 1 heterocycles. The molecule has 0 unspecified atom stereocenters. The van der Waals surface area contributed by atoms with E-state index in [-0.39, 0.29) is 32.7 Å². The molecule has 0 radical (unpaired) electrons. The van der Waals surface area contributed by atoms with Crippen molar-refractivity contribution >= 4 is 38.8 Å². The molecule has 0 spiro atoms. The second kappa shape index (κ2) is 5.55. The SMILES string of the molecule is CS(=O)(=O)c1ccc(C(=O)Cc2cnoc2)c(Cl)c1Cl. The Balaban J connectivity index is 2.39. The van der Waals surface area contributed by atoms with Crippen molar-refractivity contribution in [3.63, 3.8) is 0 Å². The van der Waals surface area contributed by atoms with Gasteiger partial charge in [-0.25, -0.2) is 8.42 Å². The highest BCUT2D eigenvalue weighted by molar-refractivity contribution is 7.90. The van der Waals surface area contributed by atoms with Crippen LogP contribution in [0.1, 0.15) is 15.9 Å². The lowest BCUT2D eigenvalue weighted by molar-refractivity contribution is 0.0993. The Morgan fingerprint density at radius 1 is 1.30 bits per heavy atom. The van der Waals surface area contributed by atoms with Gasteiger partial charge in [0, 0.05) is 23.8 Å². The van der Waals surface area contributed by atoms with Gasteiger partial charge in [-0.3, -0.25) is 4.79 Å². The largest absolute Gasteiger partial charge is 0.364 e. The molecule has 0 saturated carbocycles. The number of hydrogen-bond donors (Lipinski definition) is 0. The summed E-state index contributed by atoms with van der Waals surface area (Å²) in [6.07, 6.45) is 3.82. The molecule has 20 heavy (non-hydrogen) atoms. The fourth-order valence-corrected chi connectivity index (χ4v) is 3.28. The molecule has 106 valence electrons. The Kier molecular flexibility index (Phi) is 4.17. The maximum Gasteiger partial charge on any atom is 0.177 e. The van der Waals surface area contributed by atoms with Crippen LogP contribution in [0.15, 0.2) is 34.0 Å². The molecule has 2 aromatic rings. The van der Waals surface area contributed by atoms with E-state index in [2.05, 4.69) is 9.68 Å². The number of hydrogen-bond acceptors (Lipinski definition) is 5. The molecular formula is C12H9Cl2NO4S. The average Bonchev–Trinajstić information content (AvgIpc) is 2.83. The van der Waals surface area contributed by atoms with Gasteiger partial charge in [0.05, 0.1) is 21.1 Å². The lowest BCUT2D eigenvalue weighted by atomic mass is 10.1. The number of rotatable bonds is 4. The van der Waals surface area contributed by atoms with Crippen molar-refractivity contribution in [3.05, 3.63) is 45.8 Å². The monoisotopic (exact) mass is 333 g/mol. The zero-order chi connectivity index (χ0) is 14.9. The minimum absolute atomic E-state index is 0.0395. The highest BCUT2D eigenvalue weighted by Crippen LogP contribution is 2.32. The summed E-state index contributed by atoms with van der Waals surface area (Å²) in [6, 6.07) is 2.62. The Hall–Kier alpha value is -1.37. The third-order valence-electron chi connectivity index (χ3n) is 2.59. The maximum atomic E-state index is 12.1. The predicted octanol–water partition coefficient (Wildman–Crippen LogP) is 2.81. The van der Waals surface area contributed by atoms with Gasteiger partial charge in [0.25, 0.3) is 0 Å². The van der Waals surface area contributed by atoms with Crippen LogP contribution in [-0.4, -0.2) is 25.6 Å². The zero-order valence-electron chi connectivity index (χ0n) is 10.3. The Morgan fingerprint density at radius 3 is 2.55 bits per heavy atom. The first-order chi connectivity index (χ1) is 9.30. The number of aromatic nitrogens is 1. The highest BCUT2D eigenvalue weighted by atomic mass is 35.5. The van der Waals surface area contributed by atoms with Crippen LogP contribution in [0.5, 0.6) is 0 Å². The number of sulfone groups is 1. The quantitative estimate of drug-likeness (QED) is 0.804. The molecule has 2 rings (SSSR count). The summed E-state index contributed by atoms with van der Waals surface area (Å²) in [5, 5.41) is 3.27. The summed E-state index contributed by atoms with van der Waals surface area (Å²) in [4.78, 5) is 12.0. The van der Waals surface area contributed by atoms with Crippen LogP contribution in [0.4, 0.5) is 0 Å². The van der Waals surface area contributed by atoms with E-state index < -0.39 is 9.84 Å². The van der Waals surface area contributed by atoms with E-state index in [4.69, 9.17) is 23.2 Å². The van der Waals surface area contributed by atoms with Gasteiger partial charge in [-0.05, 0) is 12.1 Å². The van der Waals surface area contributed by atoms with Gasteiger partial charge >= 0.3 is 0 Å². The number of halogens is 2.